The fourth-order valence-corrected chi connectivity index (χ4v) is 1.67. The largest absolute Gasteiger partial charge is 0.397 e. The highest BCUT2D eigenvalue weighted by molar-refractivity contribution is 6.31. The Kier molecular flexibility index (Phi) is 5.38. The van der Waals surface area contributed by atoms with Crippen molar-refractivity contribution in [1.29, 1.82) is 0 Å². The molecule has 1 rings (SSSR count). The number of nitrogens with two attached hydrogens (primary N) is 1. The number of halogens is 1. The van der Waals surface area contributed by atoms with Gasteiger partial charge in [-0.15, -0.1) is 0 Å². The molecule has 0 bridgehead atoms. The van der Waals surface area contributed by atoms with Gasteiger partial charge in [-0.2, -0.15) is 0 Å². The molecule has 5 heteroatoms. The fourth-order valence-electron chi connectivity index (χ4n) is 1.49. The maximum Gasteiger partial charge on any atom is 0.0637 e. The van der Waals surface area contributed by atoms with Gasteiger partial charge in [-0.1, -0.05) is 11.6 Å². The van der Waals surface area contributed by atoms with Gasteiger partial charge in [0.15, 0.2) is 0 Å². The monoisotopic (exact) mass is 244 g/mol. The molecule has 0 saturated carbocycles. The van der Waals surface area contributed by atoms with E-state index in [0.29, 0.717) is 30.4 Å². The molecule has 0 fully saturated rings. The number of aliphatic hydroxyl groups excluding tert-OH is 1. The zero-order chi connectivity index (χ0) is 12.0. The summed E-state index contributed by atoms with van der Waals surface area (Å²) in [6.07, 6.45) is 0. The zero-order valence-corrected chi connectivity index (χ0v) is 10.1. The number of aliphatic hydroxyl groups is 1. The third kappa shape index (κ3) is 3.56. The topological polar surface area (TPSA) is 58.7 Å². The molecule has 4 nitrogen and oxygen atoms in total. The first kappa shape index (κ1) is 13.1. The molecule has 1 aromatic rings. The molecule has 0 atom stereocenters. The summed E-state index contributed by atoms with van der Waals surface area (Å²) in [5.41, 5.74) is 7.35. The number of anilines is 2. The Bertz CT molecular complexity index is 334. The van der Waals surface area contributed by atoms with E-state index in [4.69, 9.17) is 27.2 Å². The molecule has 0 aliphatic heterocycles. The van der Waals surface area contributed by atoms with E-state index in [9.17, 15) is 0 Å². The first-order valence-corrected chi connectivity index (χ1v) is 5.46. The Labute approximate surface area is 101 Å². The second kappa shape index (κ2) is 6.58. The number of benzene rings is 1. The maximum atomic E-state index is 8.99. The predicted molar refractivity (Wildman–Crippen MR) is 67.0 cm³/mol. The number of rotatable bonds is 6. The molecule has 0 heterocycles. The van der Waals surface area contributed by atoms with Gasteiger partial charge >= 0.3 is 0 Å². The minimum atomic E-state index is 0.0752. The zero-order valence-electron chi connectivity index (χ0n) is 9.32. The summed E-state index contributed by atoms with van der Waals surface area (Å²) in [4.78, 5) is 1.97. The van der Waals surface area contributed by atoms with Gasteiger partial charge in [0.1, 0.15) is 0 Å². The molecule has 0 spiro atoms. The summed E-state index contributed by atoms with van der Waals surface area (Å²) in [6, 6.07) is 5.33. The van der Waals surface area contributed by atoms with Crippen LogP contribution < -0.4 is 10.6 Å². The molecular formula is C11H17ClN2O2. The van der Waals surface area contributed by atoms with Gasteiger partial charge in [0, 0.05) is 25.2 Å². The maximum absolute atomic E-state index is 8.99. The average molecular weight is 245 g/mol. The van der Waals surface area contributed by atoms with Crippen LogP contribution in [0.5, 0.6) is 0 Å². The molecule has 1 aromatic carbocycles. The molecule has 16 heavy (non-hydrogen) atoms. The Balaban J connectivity index is 2.82. The van der Waals surface area contributed by atoms with Crippen LogP contribution in [0.25, 0.3) is 0 Å². The van der Waals surface area contributed by atoms with Gasteiger partial charge in [0.25, 0.3) is 0 Å². The van der Waals surface area contributed by atoms with Crippen molar-refractivity contribution in [2.45, 2.75) is 0 Å². The van der Waals surface area contributed by atoms with Crippen molar-refractivity contribution in [1.82, 2.24) is 0 Å². The lowest BCUT2D eigenvalue weighted by Crippen LogP contribution is -2.30. The van der Waals surface area contributed by atoms with Crippen LogP contribution in [-0.2, 0) is 4.74 Å². The SMILES string of the molecule is COCCN(CCO)c1ccc(Cl)cc1N. The van der Waals surface area contributed by atoms with Crippen LogP contribution in [-0.4, -0.2) is 38.5 Å². The molecule has 0 amide bonds. The highest BCUT2D eigenvalue weighted by Gasteiger charge is 2.09. The van der Waals surface area contributed by atoms with Crippen LogP contribution in [0.3, 0.4) is 0 Å². The number of ether oxygens (including phenoxy) is 1. The summed E-state index contributed by atoms with van der Waals surface area (Å²) in [5.74, 6) is 0. The van der Waals surface area contributed by atoms with Crippen molar-refractivity contribution in [3.05, 3.63) is 23.2 Å². The Morgan fingerprint density at radius 3 is 2.75 bits per heavy atom. The molecule has 3 N–H and O–H groups in total. The molecule has 0 saturated heterocycles. The number of methoxy groups -OCH3 is 1. The Hall–Kier alpha value is -0.970. The van der Waals surface area contributed by atoms with Crippen molar-refractivity contribution >= 4 is 23.0 Å². The first-order valence-electron chi connectivity index (χ1n) is 5.08. The molecule has 0 aliphatic carbocycles. The van der Waals surface area contributed by atoms with Crippen molar-refractivity contribution < 1.29 is 9.84 Å². The van der Waals surface area contributed by atoms with Crippen molar-refractivity contribution in [2.75, 3.05) is 44.0 Å². The second-order valence-electron chi connectivity index (χ2n) is 3.41. The minimum absolute atomic E-state index is 0.0752. The molecule has 0 aliphatic rings. The van der Waals surface area contributed by atoms with E-state index in [1.54, 1.807) is 19.2 Å². The molecule has 90 valence electrons. The van der Waals surface area contributed by atoms with Crippen LogP contribution in [0.1, 0.15) is 0 Å². The molecular weight excluding hydrogens is 228 g/mol. The van der Waals surface area contributed by atoms with E-state index < -0.39 is 0 Å². The van der Waals surface area contributed by atoms with Gasteiger partial charge in [0.2, 0.25) is 0 Å². The van der Waals surface area contributed by atoms with Crippen molar-refractivity contribution in [3.63, 3.8) is 0 Å². The van der Waals surface area contributed by atoms with Gasteiger partial charge in [0.05, 0.1) is 24.6 Å². The van der Waals surface area contributed by atoms with Gasteiger partial charge in [-0.25, -0.2) is 0 Å². The van der Waals surface area contributed by atoms with Crippen LogP contribution in [0.4, 0.5) is 11.4 Å². The van der Waals surface area contributed by atoms with Gasteiger partial charge < -0.3 is 20.5 Å². The van der Waals surface area contributed by atoms with Gasteiger partial charge in [-0.05, 0) is 18.2 Å². The Morgan fingerprint density at radius 1 is 1.44 bits per heavy atom. The molecule has 0 unspecified atom stereocenters. The highest BCUT2D eigenvalue weighted by Crippen LogP contribution is 2.26. The molecule has 0 radical (unpaired) electrons. The number of nitrogens with zero attached hydrogens (tertiary/aromatic N) is 1. The number of hydrogen-bond donors (Lipinski definition) is 2. The lowest BCUT2D eigenvalue weighted by molar-refractivity contribution is 0.203. The minimum Gasteiger partial charge on any atom is -0.397 e. The lowest BCUT2D eigenvalue weighted by Gasteiger charge is -2.25. The summed E-state index contributed by atoms with van der Waals surface area (Å²) < 4.78 is 5.01. The average Bonchev–Trinajstić information content (AvgIpc) is 2.25. The van der Waals surface area contributed by atoms with E-state index in [-0.39, 0.29) is 6.61 Å². The van der Waals surface area contributed by atoms with Crippen LogP contribution >= 0.6 is 11.6 Å². The summed E-state index contributed by atoms with van der Waals surface area (Å²) in [6.45, 7) is 1.87. The van der Waals surface area contributed by atoms with E-state index in [0.717, 1.165) is 5.69 Å². The normalized spacial score (nSPS) is 10.4. The summed E-state index contributed by atoms with van der Waals surface area (Å²) >= 11 is 5.83. The third-order valence-corrected chi connectivity index (χ3v) is 2.50. The summed E-state index contributed by atoms with van der Waals surface area (Å²) in [5, 5.41) is 9.60. The van der Waals surface area contributed by atoms with Crippen LogP contribution in [0.2, 0.25) is 5.02 Å². The Morgan fingerprint density at radius 2 is 2.19 bits per heavy atom. The van der Waals surface area contributed by atoms with Gasteiger partial charge in [-0.3, -0.25) is 0 Å². The smallest absolute Gasteiger partial charge is 0.0637 e. The number of hydrogen-bond acceptors (Lipinski definition) is 4. The van der Waals surface area contributed by atoms with Crippen LogP contribution in [0, 0.1) is 0 Å². The number of nitrogen functional groups attached to an aromatic ring is 1. The van der Waals surface area contributed by atoms with Crippen molar-refractivity contribution in [3.8, 4) is 0 Å². The van der Waals surface area contributed by atoms with Crippen molar-refractivity contribution in [2.24, 2.45) is 0 Å². The van der Waals surface area contributed by atoms with E-state index in [1.807, 2.05) is 11.0 Å². The highest BCUT2D eigenvalue weighted by atomic mass is 35.5. The standard InChI is InChI=1S/C11H17ClN2O2/c1-16-7-5-14(4-6-15)11-3-2-9(12)8-10(11)13/h2-3,8,15H,4-7,13H2,1H3. The third-order valence-electron chi connectivity index (χ3n) is 2.27. The molecule has 0 aromatic heterocycles. The second-order valence-corrected chi connectivity index (χ2v) is 3.84. The van der Waals surface area contributed by atoms with Crippen LogP contribution in [0.15, 0.2) is 18.2 Å². The summed E-state index contributed by atoms with van der Waals surface area (Å²) in [7, 11) is 1.64. The van der Waals surface area contributed by atoms with E-state index >= 15 is 0 Å². The fraction of sp³-hybridized carbons (Fsp3) is 0.455. The van der Waals surface area contributed by atoms with E-state index in [2.05, 4.69) is 0 Å². The van der Waals surface area contributed by atoms with E-state index in [1.165, 1.54) is 0 Å². The lowest BCUT2D eigenvalue weighted by atomic mass is 10.2. The first-order chi connectivity index (χ1) is 7.69. The quantitative estimate of drug-likeness (QED) is 0.742. The predicted octanol–water partition coefficient (Wildman–Crippen LogP) is 1.37.